The SMILES string of the molecule is Cc1cccc(CCNC(=O)N2CCOCC2c2nc(C)cs2)c1. The van der Waals surface area contributed by atoms with Gasteiger partial charge in [0.05, 0.1) is 13.2 Å². The third kappa shape index (κ3) is 4.13. The van der Waals surface area contributed by atoms with Crippen LogP contribution in [0, 0.1) is 13.8 Å². The quantitative estimate of drug-likeness (QED) is 0.926. The van der Waals surface area contributed by atoms with E-state index in [1.165, 1.54) is 11.1 Å². The predicted molar refractivity (Wildman–Crippen MR) is 95.4 cm³/mol. The first-order valence-electron chi connectivity index (χ1n) is 8.23. The summed E-state index contributed by atoms with van der Waals surface area (Å²) >= 11 is 1.59. The summed E-state index contributed by atoms with van der Waals surface area (Å²) in [7, 11) is 0. The van der Waals surface area contributed by atoms with Crippen molar-refractivity contribution in [2.75, 3.05) is 26.3 Å². The summed E-state index contributed by atoms with van der Waals surface area (Å²) in [6, 6.07) is 8.25. The minimum atomic E-state index is -0.0866. The van der Waals surface area contributed by atoms with E-state index < -0.39 is 0 Å². The van der Waals surface area contributed by atoms with Crippen LogP contribution in [0.1, 0.15) is 27.9 Å². The largest absolute Gasteiger partial charge is 0.377 e. The Morgan fingerprint density at radius 2 is 2.33 bits per heavy atom. The van der Waals surface area contributed by atoms with Crippen LogP contribution in [0.5, 0.6) is 0 Å². The smallest absolute Gasteiger partial charge is 0.318 e. The number of hydrogen-bond acceptors (Lipinski definition) is 4. The Labute approximate surface area is 146 Å². The highest BCUT2D eigenvalue weighted by Gasteiger charge is 2.30. The van der Waals surface area contributed by atoms with Crippen LogP contribution in [0.2, 0.25) is 0 Å². The van der Waals surface area contributed by atoms with E-state index in [9.17, 15) is 4.79 Å². The molecule has 1 unspecified atom stereocenters. The van der Waals surface area contributed by atoms with Crippen molar-refractivity contribution in [3.8, 4) is 0 Å². The zero-order chi connectivity index (χ0) is 16.9. The van der Waals surface area contributed by atoms with E-state index >= 15 is 0 Å². The number of nitrogens with one attached hydrogen (secondary N) is 1. The minimum Gasteiger partial charge on any atom is -0.377 e. The molecule has 3 rings (SSSR count). The van der Waals surface area contributed by atoms with Crippen LogP contribution in [-0.4, -0.2) is 42.2 Å². The van der Waals surface area contributed by atoms with Gasteiger partial charge in [-0.15, -0.1) is 11.3 Å². The molecule has 6 heteroatoms. The second-order valence-electron chi connectivity index (χ2n) is 6.08. The maximum absolute atomic E-state index is 12.6. The van der Waals surface area contributed by atoms with E-state index in [1.54, 1.807) is 11.3 Å². The molecule has 128 valence electrons. The van der Waals surface area contributed by atoms with E-state index in [4.69, 9.17) is 4.74 Å². The van der Waals surface area contributed by atoms with Crippen LogP contribution in [0.15, 0.2) is 29.6 Å². The maximum atomic E-state index is 12.6. The molecule has 1 aromatic heterocycles. The highest BCUT2D eigenvalue weighted by atomic mass is 32.1. The van der Waals surface area contributed by atoms with Crippen molar-refractivity contribution in [3.63, 3.8) is 0 Å². The molecule has 0 bridgehead atoms. The van der Waals surface area contributed by atoms with E-state index in [0.717, 1.165) is 17.1 Å². The number of thiazole rings is 1. The third-order valence-electron chi connectivity index (χ3n) is 4.08. The van der Waals surface area contributed by atoms with Crippen LogP contribution in [0.25, 0.3) is 0 Å². The molecule has 1 aliphatic heterocycles. The maximum Gasteiger partial charge on any atom is 0.318 e. The molecule has 24 heavy (non-hydrogen) atoms. The van der Waals surface area contributed by atoms with Gasteiger partial charge in [-0.3, -0.25) is 0 Å². The van der Waals surface area contributed by atoms with Gasteiger partial charge < -0.3 is 15.0 Å². The Morgan fingerprint density at radius 1 is 1.46 bits per heavy atom. The van der Waals surface area contributed by atoms with Crippen LogP contribution in [0.4, 0.5) is 4.79 Å². The molecule has 1 aromatic carbocycles. The Kier molecular flexibility index (Phi) is 5.48. The lowest BCUT2D eigenvalue weighted by Gasteiger charge is -2.34. The van der Waals surface area contributed by atoms with Crippen LogP contribution >= 0.6 is 11.3 Å². The molecular formula is C18H23N3O2S. The summed E-state index contributed by atoms with van der Waals surface area (Å²) in [6.07, 6.45) is 0.832. The average molecular weight is 345 g/mol. The number of urea groups is 1. The monoisotopic (exact) mass is 345 g/mol. The summed E-state index contributed by atoms with van der Waals surface area (Å²) in [6.45, 7) is 6.36. The van der Waals surface area contributed by atoms with Crippen LogP contribution < -0.4 is 5.32 Å². The number of benzene rings is 1. The van der Waals surface area contributed by atoms with Gasteiger partial charge in [0.1, 0.15) is 11.0 Å². The molecule has 2 heterocycles. The van der Waals surface area contributed by atoms with E-state index in [1.807, 2.05) is 17.2 Å². The topological polar surface area (TPSA) is 54.5 Å². The molecule has 1 N–H and O–H groups in total. The molecule has 0 radical (unpaired) electrons. The van der Waals surface area contributed by atoms with Gasteiger partial charge in [-0.1, -0.05) is 29.8 Å². The molecular weight excluding hydrogens is 322 g/mol. The number of aryl methyl sites for hydroxylation is 2. The standard InChI is InChI=1S/C18H23N3O2S/c1-13-4-3-5-15(10-13)6-7-19-18(22)21-8-9-23-11-16(21)17-20-14(2)12-24-17/h3-5,10,12,16H,6-9,11H2,1-2H3,(H,19,22). The zero-order valence-electron chi connectivity index (χ0n) is 14.1. The molecule has 1 aliphatic rings. The number of nitrogens with zero attached hydrogens (tertiary/aromatic N) is 2. The first-order valence-corrected chi connectivity index (χ1v) is 9.11. The average Bonchev–Trinajstić information content (AvgIpc) is 3.01. The van der Waals surface area contributed by atoms with E-state index in [2.05, 4.69) is 41.5 Å². The molecule has 2 aromatic rings. The van der Waals surface area contributed by atoms with Gasteiger partial charge in [-0.05, 0) is 25.8 Å². The molecule has 1 atom stereocenters. The van der Waals surface area contributed by atoms with E-state index in [0.29, 0.717) is 26.3 Å². The lowest BCUT2D eigenvalue weighted by Crippen LogP contribution is -2.48. The van der Waals surface area contributed by atoms with Crippen molar-refractivity contribution in [2.24, 2.45) is 0 Å². The fraction of sp³-hybridized carbons (Fsp3) is 0.444. The predicted octanol–water partition coefficient (Wildman–Crippen LogP) is 3.09. The van der Waals surface area contributed by atoms with Gasteiger partial charge in [0.15, 0.2) is 0 Å². The number of carbonyl (C=O) groups excluding carboxylic acids is 1. The lowest BCUT2D eigenvalue weighted by atomic mass is 10.1. The third-order valence-corrected chi connectivity index (χ3v) is 5.15. The number of morpholine rings is 1. The fourth-order valence-corrected chi connectivity index (χ4v) is 3.75. The molecule has 0 spiro atoms. The van der Waals surface area contributed by atoms with Crippen LogP contribution in [0.3, 0.4) is 0 Å². The highest BCUT2D eigenvalue weighted by Crippen LogP contribution is 2.26. The Bertz CT molecular complexity index is 701. The fourth-order valence-electron chi connectivity index (χ4n) is 2.86. The highest BCUT2D eigenvalue weighted by molar-refractivity contribution is 7.09. The first-order chi connectivity index (χ1) is 11.6. The lowest BCUT2D eigenvalue weighted by molar-refractivity contribution is 0.0116. The number of hydrogen-bond donors (Lipinski definition) is 1. The summed E-state index contributed by atoms with van der Waals surface area (Å²) in [4.78, 5) is 18.9. The number of amides is 2. The molecule has 5 nitrogen and oxygen atoms in total. The van der Waals surface area contributed by atoms with Crippen molar-refractivity contribution in [1.29, 1.82) is 0 Å². The second kappa shape index (κ2) is 7.77. The molecule has 1 saturated heterocycles. The number of aromatic nitrogens is 1. The summed E-state index contributed by atoms with van der Waals surface area (Å²) in [5, 5.41) is 5.99. The van der Waals surface area contributed by atoms with Crippen molar-refractivity contribution in [3.05, 3.63) is 51.5 Å². The molecule has 1 fully saturated rings. The number of ether oxygens (including phenoxy) is 1. The summed E-state index contributed by atoms with van der Waals surface area (Å²) in [5.74, 6) is 0. The molecule has 2 amide bonds. The van der Waals surface area contributed by atoms with Gasteiger partial charge in [0.2, 0.25) is 0 Å². The minimum absolute atomic E-state index is 0.0381. The van der Waals surface area contributed by atoms with Crippen molar-refractivity contribution in [2.45, 2.75) is 26.3 Å². The molecule has 0 saturated carbocycles. The first kappa shape index (κ1) is 16.9. The Morgan fingerprint density at radius 3 is 3.08 bits per heavy atom. The summed E-state index contributed by atoms with van der Waals surface area (Å²) < 4.78 is 5.56. The second-order valence-corrected chi connectivity index (χ2v) is 6.97. The van der Waals surface area contributed by atoms with Gasteiger partial charge in [0, 0.05) is 24.2 Å². The van der Waals surface area contributed by atoms with Gasteiger partial charge in [-0.2, -0.15) is 0 Å². The van der Waals surface area contributed by atoms with Gasteiger partial charge in [0.25, 0.3) is 0 Å². The van der Waals surface area contributed by atoms with Crippen molar-refractivity contribution < 1.29 is 9.53 Å². The zero-order valence-corrected chi connectivity index (χ0v) is 14.9. The molecule has 0 aliphatic carbocycles. The number of rotatable bonds is 4. The van der Waals surface area contributed by atoms with Crippen molar-refractivity contribution in [1.82, 2.24) is 15.2 Å². The van der Waals surface area contributed by atoms with Gasteiger partial charge in [-0.25, -0.2) is 9.78 Å². The van der Waals surface area contributed by atoms with Crippen LogP contribution in [-0.2, 0) is 11.2 Å². The Balaban J connectivity index is 1.58. The van der Waals surface area contributed by atoms with Crippen molar-refractivity contribution >= 4 is 17.4 Å². The van der Waals surface area contributed by atoms with E-state index in [-0.39, 0.29) is 12.1 Å². The number of carbonyl (C=O) groups is 1. The summed E-state index contributed by atoms with van der Waals surface area (Å²) in [5.41, 5.74) is 3.47. The normalized spacial score (nSPS) is 17.8. The van der Waals surface area contributed by atoms with Gasteiger partial charge >= 0.3 is 6.03 Å². The Hall–Kier alpha value is -1.92.